The minimum atomic E-state index is -0.661. The van der Waals surface area contributed by atoms with Crippen molar-refractivity contribution in [3.63, 3.8) is 0 Å². The van der Waals surface area contributed by atoms with E-state index >= 15 is 0 Å². The fourth-order valence-corrected chi connectivity index (χ4v) is 9.86. The number of hydrogen-bond acceptors (Lipinski definition) is 9. The number of likely N-dealkylation sites (tertiary alicyclic amines) is 1. The first-order chi connectivity index (χ1) is 27.8. The Balaban J connectivity index is 0.733. The third kappa shape index (κ3) is 6.55. The van der Waals surface area contributed by atoms with Crippen LogP contribution in [0.15, 0.2) is 84.9 Å². The Kier molecular flexibility index (Phi) is 8.88. The summed E-state index contributed by atoms with van der Waals surface area (Å²) in [5, 5.41) is 12.5. The van der Waals surface area contributed by atoms with Crippen molar-refractivity contribution in [2.75, 3.05) is 50.8 Å². The summed E-state index contributed by atoms with van der Waals surface area (Å²) in [5.74, 6) is 1.41. The number of benzene rings is 4. The number of phenols is 1. The Morgan fingerprint density at radius 2 is 1.67 bits per heavy atom. The van der Waals surface area contributed by atoms with Crippen LogP contribution in [0.4, 0.5) is 5.69 Å². The number of piperazine rings is 1. The van der Waals surface area contributed by atoms with E-state index in [2.05, 4.69) is 63.6 Å². The number of ether oxygens (including phenoxy) is 2. The van der Waals surface area contributed by atoms with Gasteiger partial charge in [0.1, 0.15) is 36.0 Å². The topological polar surface area (TPSA) is 132 Å². The third-order valence-electron chi connectivity index (χ3n) is 12.8. The fraction of sp³-hybridized carbons (Fsp3) is 0.378. The zero-order valence-corrected chi connectivity index (χ0v) is 31.6. The number of nitrogens with zero attached hydrogens (tertiary/aromatic N) is 4. The molecule has 3 fully saturated rings. The van der Waals surface area contributed by atoms with Crippen molar-refractivity contribution < 1.29 is 33.8 Å². The number of imide groups is 1. The molecule has 12 heteroatoms. The normalized spacial score (nSPS) is 24.4. The highest BCUT2D eigenvalue weighted by Crippen LogP contribution is 2.47. The van der Waals surface area contributed by atoms with Gasteiger partial charge in [-0.1, -0.05) is 48.5 Å². The molecule has 5 heterocycles. The van der Waals surface area contributed by atoms with Gasteiger partial charge in [0, 0.05) is 44.1 Å². The van der Waals surface area contributed by atoms with E-state index in [0.29, 0.717) is 68.7 Å². The van der Waals surface area contributed by atoms with Crippen LogP contribution < -0.4 is 19.7 Å². The van der Waals surface area contributed by atoms with Crippen molar-refractivity contribution in [1.82, 2.24) is 20.0 Å². The van der Waals surface area contributed by atoms with E-state index in [1.807, 2.05) is 29.2 Å². The molecule has 4 aromatic rings. The maximum absolute atomic E-state index is 13.4. The smallest absolute Gasteiger partial charge is 0.255 e. The predicted octanol–water partition coefficient (Wildman–Crippen LogP) is 4.19. The third-order valence-corrected chi connectivity index (χ3v) is 12.8. The molecule has 0 saturated carbocycles. The quantitative estimate of drug-likeness (QED) is 0.266. The SMILES string of the molecule is O=C1CCC(N2Cc3cc4c(cc3C2=O)OC[C@@H]2CN(CC(=O)N3CC(Oc5ccc([C@@H]6c7ccc(O)cc7CC[C@@H]6c6ccccc6)cc5)C3)CCN42)C(=O)N1. The highest BCUT2D eigenvalue weighted by molar-refractivity contribution is 6.06. The molecule has 4 amide bonds. The molecule has 0 radical (unpaired) electrons. The van der Waals surface area contributed by atoms with Crippen LogP contribution >= 0.6 is 0 Å². The van der Waals surface area contributed by atoms with Crippen LogP contribution in [0, 0.1) is 0 Å². The molecule has 4 aromatic carbocycles. The summed E-state index contributed by atoms with van der Waals surface area (Å²) in [6.45, 7) is 4.33. The molecule has 3 saturated heterocycles. The molecule has 292 valence electrons. The van der Waals surface area contributed by atoms with Gasteiger partial charge in [-0.3, -0.25) is 29.4 Å². The van der Waals surface area contributed by atoms with Crippen molar-refractivity contribution in [2.45, 2.75) is 62.3 Å². The van der Waals surface area contributed by atoms with Crippen molar-refractivity contribution in [3.05, 3.63) is 118 Å². The number of anilines is 1. The number of nitrogens with one attached hydrogen (secondary N) is 1. The fourth-order valence-electron chi connectivity index (χ4n) is 9.86. The van der Waals surface area contributed by atoms with E-state index in [1.54, 1.807) is 17.0 Å². The van der Waals surface area contributed by atoms with Crippen LogP contribution in [0.2, 0.25) is 0 Å². The van der Waals surface area contributed by atoms with Gasteiger partial charge in [-0.05, 0) is 89.4 Å². The molecule has 12 nitrogen and oxygen atoms in total. The molecule has 0 bridgehead atoms. The molecule has 1 unspecified atom stereocenters. The lowest BCUT2D eigenvalue weighted by Crippen LogP contribution is -2.61. The second kappa shape index (κ2) is 14.3. The van der Waals surface area contributed by atoms with E-state index in [9.17, 15) is 24.3 Å². The molecule has 57 heavy (non-hydrogen) atoms. The largest absolute Gasteiger partial charge is 0.508 e. The average Bonchev–Trinajstić information content (AvgIpc) is 3.52. The Bertz CT molecular complexity index is 2260. The monoisotopic (exact) mass is 767 g/mol. The maximum Gasteiger partial charge on any atom is 0.255 e. The number of fused-ring (bicyclic) bond motifs is 5. The second-order valence-electron chi connectivity index (χ2n) is 16.3. The first kappa shape index (κ1) is 35.5. The number of piperidine rings is 1. The van der Waals surface area contributed by atoms with Crippen molar-refractivity contribution in [1.29, 1.82) is 0 Å². The summed E-state index contributed by atoms with van der Waals surface area (Å²) >= 11 is 0. The lowest BCUT2D eigenvalue weighted by Gasteiger charge is -2.46. The van der Waals surface area contributed by atoms with Gasteiger partial charge in [0.15, 0.2) is 0 Å². The van der Waals surface area contributed by atoms with Crippen LogP contribution in [0.3, 0.4) is 0 Å². The van der Waals surface area contributed by atoms with Gasteiger partial charge in [0.05, 0.1) is 31.4 Å². The van der Waals surface area contributed by atoms with Crippen LogP contribution in [0.5, 0.6) is 17.2 Å². The first-order valence-corrected chi connectivity index (χ1v) is 20.1. The van der Waals surface area contributed by atoms with Crippen LogP contribution in [0.25, 0.3) is 0 Å². The lowest BCUT2D eigenvalue weighted by molar-refractivity contribution is -0.141. The maximum atomic E-state index is 13.4. The van der Waals surface area contributed by atoms with Crippen molar-refractivity contribution >= 4 is 29.3 Å². The highest BCUT2D eigenvalue weighted by atomic mass is 16.5. The first-order valence-electron chi connectivity index (χ1n) is 20.1. The molecule has 1 aliphatic carbocycles. The Morgan fingerprint density at radius 1 is 0.842 bits per heavy atom. The van der Waals surface area contributed by atoms with E-state index < -0.39 is 11.9 Å². The van der Waals surface area contributed by atoms with Crippen LogP contribution in [0.1, 0.15) is 69.3 Å². The molecule has 0 aromatic heterocycles. The van der Waals surface area contributed by atoms with Gasteiger partial charge in [0.2, 0.25) is 17.7 Å². The molecule has 5 aliphatic heterocycles. The number of aryl methyl sites for hydroxylation is 1. The van der Waals surface area contributed by atoms with Crippen molar-refractivity contribution in [2.24, 2.45) is 0 Å². The summed E-state index contributed by atoms with van der Waals surface area (Å²) in [6.07, 6.45) is 2.41. The summed E-state index contributed by atoms with van der Waals surface area (Å²) in [5.41, 5.74) is 7.33. The Hall–Kier alpha value is -5.88. The number of phenolic OH excluding ortho intramolecular Hbond substituents is 1. The molecular weight excluding hydrogens is 723 g/mol. The molecular formula is C45H45N5O7. The van der Waals surface area contributed by atoms with E-state index in [0.717, 1.165) is 42.9 Å². The van der Waals surface area contributed by atoms with Gasteiger partial charge in [-0.25, -0.2) is 0 Å². The number of rotatable bonds is 7. The van der Waals surface area contributed by atoms with Gasteiger partial charge in [-0.15, -0.1) is 0 Å². The summed E-state index contributed by atoms with van der Waals surface area (Å²) < 4.78 is 12.5. The average molecular weight is 768 g/mol. The standard InChI is InChI=1S/C45H45N5O7/c51-32-9-13-36-29(18-32)8-12-35(27-4-2-1-3-5-27)43(36)28-6-10-33(11-7-28)57-34-23-48(24-34)42(53)25-47-16-17-49-31(22-47)26-56-40-20-37-30(19-39(40)49)21-50(45(37)55)38-14-15-41(52)46-44(38)54/h1-7,9-11,13,18-20,31,34-35,38,43,51H,8,12,14-17,21-26H2,(H,46,52,54)/t31-,35+,38?,43-/m0/s1. The zero-order chi connectivity index (χ0) is 38.8. The van der Waals surface area contributed by atoms with Gasteiger partial charge in [0.25, 0.3) is 5.91 Å². The van der Waals surface area contributed by atoms with Gasteiger partial charge >= 0.3 is 0 Å². The lowest BCUT2D eigenvalue weighted by atomic mass is 9.69. The van der Waals surface area contributed by atoms with E-state index in [1.165, 1.54) is 22.3 Å². The summed E-state index contributed by atoms with van der Waals surface area (Å²) in [6, 6.07) is 28.1. The number of hydrogen-bond donors (Lipinski definition) is 2. The summed E-state index contributed by atoms with van der Waals surface area (Å²) in [4.78, 5) is 58.9. The number of aromatic hydroxyl groups is 1. The van der Waals surface area contributed by atoms with Crippen molar-refractivity contribution in [3.8, 4) is 17.2 Å². The predicted molar refractivity (Wildman–Crippen MR) is 210 cm³/mol. The molecule has 0 spiro atoms. The Morgan fingerprint density at radius 3 is 2.47 bits per heavy atom. The van der Waals surface area contributed by atoms with E-state index in [-0.39, 0.29) is 42.2 Å². The molecule has 10 rings (SSSR count). The summed E-state index contributed by atoms with van der Waals surface area (Å²) in [7, 11) is 0. The van der Waals surface area contributed by atoms with Gasteiger partial charge < -0.3 is 29.3 Å². The number of carbonyl (C=O) groups is 4. The minimum Gasteiger partial charge on any atom is -0.508 e. The zero-order valence-electron chi connectivity index (χ0n) is 31.6. The Labute approximate surface area is 330 Å². The molecule has 2 N–H and O–H groups in total. The molecule has 6 aliphatic rings. The van der Waals surface area contributed by atoms with Crippen LogP contribution in [-0.4, -0.2) is 107 Å². The number of carbonyl (C=O) groups excluding carboxylic acids is 4. The van der Waals surface area contributed by atoms with Crippen LogP contribution in [-0.2, 0) is 27.3 Å². The highest BCUT2D eigenvalue weighted by Gasteiger charge is 2.42. The molecule has 4 atom stereocenters. The minimum absolute atomic E-state index is 0.0603. The second-order valence-corrected chi connectivity index (χ2v) is 16.3. The number of amides is 4. The van der Waals surface area contributed by atoms with Gasteiger partial charge in [-0.2, -0.15) is 0 Å². The van der Waals surface area contributed by atoms with E-state index in [4.69, 9.17) is 9.47 Å².